The number of aliphatic hydroxyl groups is 1. The minimum atomic E-state index is -4.93. The van der Waals surface area contributed by atoms with Crippen LogP contribution in [-0.2, 0) is 41.3 Å². The van der Waals surface area contributed by atoms with E-state index in [1.165, 1.54) is 11.6 Å². The Morgan fingerprint density at radius 1 is 0.846 bits per heavy atom. The molecule has 0 aliphatic carbocycles. The third kappa shape index (κ3) is 15.7. The molecule has 2 bridgehead atoms. The number of aryl methyl sites for hydroxylation is 1. The second-order valence-corrected chi connectivity index (χ2v) is 20.0. The number of nitrogens with one attached hydrogen (secondary N) is 1. The number of hydrogen-bond donors (Lipinski definition) is 4. The molecule has 3 aromatic carbocycles. The van der Waals surface area contributed by atoms with E-state index < -0.39 is 31.8 Å². The fourth-order valence-corrected chi connectivity index (χ4v) is 10.4. The first-order chi connectivity index (χ1) is 31.2. The van der Waals surface area contributed by atoms with Gasteiger partial charge in [-0.3, -0.25) is 14.6 Å². The molecule has 4 unspecified atom stereocenters. The van der Waals surface area contributed by atoms with Crippen molar-refractivity contribution in [1.82, 2.24) is 5.32 Å². The van der Waals surface area contributed by atoms with E-state index in [0.717, 1.165) is 94.9 Å². The number of nitrogens with zero attached hydrogens (tertiary/aromatic N) is 2. The predicted octanol–water partition coefficient (Wildman–Crippen LogP) is 8.16. The Kier molecular flexibility index (Phi) is 20.5. The summed E-state index contributed by atoms with van der Waals surface area (Å²) in [5.41, 5.74) is 3.08. The highest BCUT2D eigenvalue weighted by atomic mass is 31.2. The Morgan fingerprint density at radius 3 is 2.11 bits per heavy atom. The number of esters is 2. The lowest BCUT2D eigenvalue weighted by Gasteiger charge is -2.49. The largest absolute Gasteiger partial charge is 0.524 e. The molecule has 360 valence electrons. The Balaban J connectivity index is 1.11. The van der Waals surface area contributed by atoms with Gasteiger partial charge in [0.2, 0.25) is 0 Å². The zero-order valence-electron chi connectivity index (χ0n) is 39.7. The van der Waals surface area contributed by atoms with Crippen LogP contribution in [0.25, 0.3) is 0 Å². The van der Waals surface area contributed by atoms with Crippen molar-refractivity contribution < 1.29 is 56.7 Å². The summed E-state index contributed by atoms with van der Waals surface area (Å²) in [6.07, 6.45) is 10.2. The minimum Gasteiger partial charge on any atom is -0.461 e. The van der Waals surface area contributed by atoms with Crippen LogP contribution in [0.5, 0.6) is 5.75 Å². The van der Waals surface area contributed by atoms with Gasteiger partial charge in [-0.25, -0.2) is 9.36 Å². The SMILES string of the molecule is CC[N+](CC)(CC(=O)OCC(C(=O)OC1CC2CCC(C1)[N+]2(C)C(C)C)c1ccccc1)Cc1cc(C(O)CNCCCCCCOCCCCc2ccccc2)ccc1OP(=O)(O)O. The van der Waals surface area contributed by atoms with Crippen LogP contribution in [0.2, 0.25) is 0 Å². The molecule has 0 radical (unpaired) electrons. The molecule has 0 amide bonds. The van der Waals surface area contributed by atoms with Crippen molar-refractivity contribution >= 4 is 19.8 Å². The van der Waals surface area contributed by atoms with Crippen LogP contribution in [0.3, 0.4) is 0 Å². The summed E-state index contributed by atoms with van der Waals surface area (Å²) in [7, 11) is -2.59. The van der Waals surface area contributed by atoms with Crippen LogP contribution in [0.1, 0.15) is 126 Å². The number of aliphatic hydroxyl groups excluding tert-OH is 1. The quantitative estimate of drug-likeness (QED) is 0.0230. The third-order valence-electron chi connectivity index (χ3n) is 14.3. The van der Waals surface area contributed by atoms with Gasteiger partial charge in [0, 0.05) is 51.0 Å². The molecule has 3 aromatic rings. The van der Waals surface area contributed by atoms with Crippen molar-refractivity contribution in [1.29, 1.82) is 0 Å². The number of unbranched alkanes of at least 4 members (excludes halogenated alkanes) is 4. The molecule has 2 aliphatic rings. The number of benzene rings is 3. The Morgan fingerprint density at radius 2 is 1.48 bits per heavy atom. The van der Waals surface area contributed by atoms with Crippen molar-refractivity contribution in [3.8, 4) is 5.75 Å². The van der Waals surface area contributed by atoms with Crippen LogP contribution < -0.4 is 9.84 Å². The monoisotopic (exact) mass is 924 g/mol. The number of quaternary nitrogens is 2. The average molecular weight is 924 g/mol. The van der Waals surface area contributed by atoms with Crippen molar-refractivity contribution in [3.05, 3.63) is 101 Å². The van der Waals surface area contributed by atoms with Gasteiger partial charge >= 0.3 is 19.8 Å². The van der Waals surface area contributed by atoms with Gasteiger partial charge in [-0.2, -0.15) is 0 Å². The van der Waals surface area contributed by atoms with E-state index in [-0.39, 0.29) is 36.0 Å². The molecule has 0 aromatic heterocycles. The highest BCUT2D eigenvalue weighted by molar-refractivity contribution is 7.46. The number of rotatable bonds is 29. The number of piperidine rings is 1. The van der Waals surface area contributed by atoms with E-state index in [1.54, 1.807) is 12.1 Å². The Bertz CT molecular complexity index is 1930. The highest BCUT2D eigenvalue weighted by Crippen LogP contribution is 2.44. The molecule has 5 rings (SSSR count). The van der Waals surface area contributed by atoms with Gasteiger partial charge < -0.3 is 38.1 Å². The van der Waals surface area contributed by atoms with Crippen molar-refractivity contribution in [3.63, 3.8) is 0 Å². The highest BCUT2D eigenvalue weighted by Gasteiger charge is 2.54. The summed E-state index contributed by atoms with van der Waals surface area (Å²) in [6.45, 7) is 11.9. The van der Waals surface area contributed by atoms with E-state index >= 15 is 0 Å². The molecule has 0 spiro atoms. The van der Waals surface area contributed by atoms with E-state index in [9.17, 15) is 29.0 Å². The summed E-state index contributed by atoms with van der Waals surface area (Å²) in [5.74, 6) is -1.72. The fraction of sp³-hybridized carbons (Fsp3) is 0.608. The summed E-state index contributed by atoms with van der Waals surface area (Å²) >= 11 is 0. The summed E-state index contributed by atoms with van der Waals surface area (Å²) < 4.78 is 36.4. The standard InChI is InChI=1S/C51H76N3O10P/c1-6-54(7-2,37-50(56)62-38-47(41-23-14-11-15-24-41)51(57)63-46-33-44-26-27-45(34-46)53(44,5)39(3)4)36-43-32-42(25-28-49(43)64-65(58,59)60)48(55)35-52-29-17-8-9-18-30-61-31-19-16-22-40-20-12-10-13-21-40/h10-15,20-21,23-25,28,32,39,44-48,52,55H,6-9,16-19,22,26-27,29-31,33-38H2,1-5H3/p+2. The minimum absolute atomic E-state index is 0.0216. The number of hydrogen-bond acceptors (Lipinski definition) is 9. The first-order valence-electron chi connectivity index (χ1n) is 24.2. The molecule has 65 heavy (non-hydrogen) atoms. The van der Waals surface area contributed by atoms with Gasteiger partial charge in [0.15, 0.2) is 6.54 Å². The maximum atomic E-state index is 13.9. The van der Waals surface area contributed by atoms with Crippen LogP contribution in [0.15, 0.2) is 78.9 Å². The van der Waals surface area contributed by atoms with E-state index in [0.29, 0.717) is 54.5 Å². The summed E-state index contributed by atoms with van der Waals surface area (Å²) in [6, 6.07) is 26.0. The third-order valence-corrected chi connectivity index (χ3v) is 14.8. The van der Waals surface area contributed by atoms with Crippen LogP contribution in [-0.4, -0.2) is 120 Å². The van der Waals surface area contributed by atoms with Crippen LogP contribution >= 0.6 is 7.82 Å². The zero-order valence-corrected chi connectivity index (χ0v) is 40.5. The fourth-order valence-electron chi connectivity index (χ4n) is 9.98. The Labute approximate surface area is 388 Å². The topological polar surface area (TPSA) is 161 Å². The van der Waals surface area contributed by atoms with Gasteiger partial charge in [-0.15, -0.1) is 0 Å². The smallest absolute Gasteiger partial charge is 0.461 e. The maximum Gasteiger partial charge on any atom is 0.524 e. The lowest BCUT2D eigenvalue weighted by atomic mass is 9.94. The van der Waals surface area contributed by atoms with Gasteiger partial charge in [0.25, 0.3) is 0 Å². The second-order valence-electron chi connectivity index (χ2n) is 18.8. The van der Waals surface area contributed by atoms with Crippen molar-refractivity contribution in [2.24, 2.45) is 0 Å². The summed E-state index contributed by atoms with van der Waals surface area (Å²) in [4.78, 5) is 47.3. The Hall–Kier alpha value is -3.65. The molecule has 4 atom stereocenters. The molecule has 14 heteroatoms. The molecule has 13 nitrogen and oxygen atoms in total. The first kappa shape index (κ1) is 52.3. The molecular formula is C51H78N3O10P+2. The van der Waals surface area contributed by atoms with E-state index in [1.807, 2.05) is 50.2 Å². The number of fused-ring (bicyclic) bond motifs is 2. The number of ether oxygens (including phenoxy) is 3. The van der Waals surface area contributed by atoms with E-state index in [2.05, 4.69) is 50.5 Å². The normalized spacial score (nSPS) is 20.7. The van der Waals surface area contributed by atoms with Crippen molar-refractivity contribution in [2.75, 3.05) is 59.6 Å². The second kappa shape index (κ2) is 25.5. The number of likely N-dealkylation sites (N-methyl/N-ethyl adjacent to an activating group) is 1. The first-order valence-corrected chi connectivity index (χ1v) is 25.7. The molecule has 0 saturated carbocycles. The average Bonchev–Trinajstić information content (AvgIpc) is 3.43. The number of carbonyl (C=O) groups is 2. The van der Waals surface area contributed by atoms with Gasteiger partial charge in [0.1, 0.15) is 30.9 Å². The molecule has 2 saturated heterocycles. The predicted molar refractivity (Wildman–Crippen MR) is 253 cm³/mol. The molecule has 2 aliphatic heterocycles. The lowest BCUT2D eigenvalue weighted by Crippen LogP contribution is -2.62. The molecule has 4 N–H and O–H groups in total. The molecule has 2 heterocycles. The van der Waals surface area contributed by atoms with Crippen molar-refractivity contribution in [2.45, 2.75) is 141 Å². The number of phosphoric ester groups is 1. The van der Waals surface area contributed by atoms with Gasteiger partial charge in [-0.1, -0.05) is 79.6 Å². The number of phosphoric acid groups is 1. The van der Waals surface area contributed by atoms with E-state index in [4.69, 9.17) is 18.7 Å². The van der Waals surface area contributed by atoms with Gasteiger partial charge in [-0.05, 0) is 95.2 Å². The lowest BCUT2D eigenvalue weighted by molar-refractivity contribution is -0.968. The molecular weight excluding hydrogens is 846 g/mol. The van der Waals surface area contributed by atoms with Crippen LogP contribution in [0.4, 0.5) is 0 Å². The van der Waals surface area contributed by atoms with Crippen LogP contribution in [0, 0.1) is 0 Å². The van der Waals surface area contributed by atoms with Gasteiger partial charge in [0.05, 0.1) is 44.4 Å². The maximum absolute atomic E-state index is 13.9. The molecule has 2 fully saturated rings. The zero-order chi connectivity index (χ0) is 46.9. The summed E-state index contributed by atoms with van der Waals surface area (Å²) in [5, 5.41) is 14.5. The number of carbonyl (C=O) groups excluding carboxylic acids is 2.